The van der Waals surface area contributed by atoms with Gasteiger partial charge >= 0.3 is 0 Å². The van der Waals surface area contributed by atoms with Crippen LogP contribution in [0.4, 0.5) is 0 Å². The number of nitrogens with zero attached hydrogens (tertiary/aromatic N) is 2. The van der Waals surface area contributed by atoms with E-state index in [0.717, 1.165) is 17.6 Å². The maximum absolute atomic E-state index is 12.1. The highest BCUT2D eigenvalue weighted by Gasteiger charge is 2.35. The summed E-state index contributed by atoms with van der Waals surface area (Å²) in [6, 6.07) is 7.36. The van der Waals surface area contributed by atoms with Gasteiger partial charge in [0, 0.05) is 24.7 Å². The van der Waals surface area contributed by atoms with Gasteiger partial charge in [-0.3, -0.25) is 14.9 Å². The predicted octanol–water partition coefficient (Wildman–Crippen LogP) is 1.07. The Morgan fingerprint density at radius 1 is 1.21 bits per heavy atom. The molecule has 8 nitrogen and oxygen atoms in total. The molecular weight excluding hydrogens is 358 g/mol. The van der Waals surface area contributed by atoms with Gasteiger partial charge in [0.15, 0.2) is 0 Å². The average molecular weight is 381 g/mol. The number of guanidine groups is 1. The number of carbonyl (C=O) groups excluding carboxylic acids is 3. The summed E-state index contributed by atoms with van der Waals surface area (Å²) in [6.45, 7) is 2.02. The number of aliphatic imine (C=N–C) groups is 2. The highest BCUT2D eigenvalue weighted by Crippen LogP contribution is 2.27. The second kappa shape index (κ2) is 8.60. The van der Waals surface area contributed by atoms with Crippen LogP contribution in [0.25, 0.3) is 0 Å². The first-order valence-corrected chi connectivity index (χ1v) is 9.22. The number of rotatable bonds is 8. The third kappa shape index (κ3) is 4.70. The molecule has 28 heavy (non-hydrogen) atoms. The number of carbonyl (C=O) groups is 3. The summed E-state index contributed by atoms with van der Waals surface area (Å²) in [5.41, 5.74) is 8.08. The van der Waals surface area contributed by atoms with Gasteiger partial charge in [-0.15, -0.1) is 0 Å². The van der Waals surface area contributed by atoms with Gasteiger partial charge in [-0.25, -0.2) is 4.99 Å². The number of fused-ring (bicyclic) bond motifs is 1. The molecule has 146 valence electrons. The smallest absolute Gasteiger partial charge is 0.251 e. The lowest BCUT2D eigenvalue weighted by atomic mass is 9.93. The van der Waals surface area contributed by atoms with Crippen LogP contribution in [0.15, 0.2) is 46.0 Å². The summed E-state index contributed by atoms with van der Waals surface area (Å²) in [5.74, 6) is -0.188. The van der Waals surface area contributed by atoms with E-state index in [1.807, 2.05) is 12.1 Å². The molecule has 1 atom stereocenters. The molecule has 0 saturated carbocycles. The summed E-state index contributed by atoms with van der Waals surface area (Å²) in [7, 11) is 0. The lowest BCUT2D eigenvalue weighted by molar-refractivity contribution is -0.121. The van der Waals surface area contributed by atoms with Crippen molar-refractivity contribution in [3.63, 3.8) is 0 Å². The first kappa shape index (κ1) is 19.5. The fraction of sp³-hybridized carbons (Fsp3) is 0.350. The molecule has 4 N–H and O–H groups in total. The van der Waals surface area contributed by atoms with E-state index in [1.165, 1.54) is 0 Å². The summed E-state index contributed by atoms with van der Waals surface area (Å²) in [4.78, 5) is 43.4. The minimum Gasteiger partial charge on any atom is -0.369 e. The van der Waals surface area contributed by atoms with E-state index in [-0.39, 0.29) is 23.6 Å². The summed E-state index contributed by atoms with van der Waals surface area (Å²) in [6.07, 6.45) is 4.18. The van der Waals surface area contributed by atoms with Gasteiger partial charge in [0.1, 0.15) is 17.5 Å². The normalized spacial score (nSPS) is 17.8. The van der Waals surface area contributed by atoms with Crippen LogP contribution < -0.4 is 16.4 Å². The van der Waals surface area contributed by atoms with Crippen molar-refractivity contribution in [1.29, 1.82) is 0 Å². The molecule has 0 radical (unpaired) electrons. The van der Waals surface area contributed by atoms with Crippen LogP contribution in [-0.2, 0) is 16.0 Å². The van der Waals surface area contributed by atoms with Gasteiger partial charge < -0.3 is 15.8 Å². The number of hydrogen-bond acceptors (Lipinski definition) is 6. The van der Waals surface area contributed by atoms with Crippen molar-refractivity contribution < 1.29 is 14.4 Å². The molecule has 2 aliphatic heterocycles. The third-order valence-electron chi connectivity index (χ3n) is 4.65. The summed E-state index contributed by atoms with van der Waals surface area (Å²) >= 11 is 0. The second-order valence-corrected chi connectivity index (χ2v) is 6.87. The molecule has 3 rings (SSSR count). The topological polar surface area (TPSA) is 126 Å². The maximum atomic E-state index is 12.1. The van der Waals surface area contributed by atoms with E-state index in [4.69, 9.17) is 5.73 Å². The number of ketones is 1. The maximum Gasteiger partial charge on any atom is 0.251 e. The molecule has 1 aromatic rings. The zero-order chi connectivity index (χ0) is 20.1. The third-order valence-corrected chi connectivity index (χ3v) is 4.65. The van der Waals surface area contributed by atoms with Crippen molar-refractivity contribution in [3.05, 3.63) is 47.2 Å². The number of amides is 2. The van der Waals surface area contributed by atoms with E-state index < -0.39 is 5.92 Å². The average Bonchev–Trinajstić information content (AvgIpc) is 3.06. The van der Waals surface area contributed by atoms with Crippen LogP contribution in [0, 0.1) is 5.92 Å². The molecule has 1 unspecified atom stereocenters. The van der Waals surface area contributed by atoms with Gasteiger partial charge in [-0.05, 0) is 49.5 Å². The lowest BCUT2D eigenvalue weighted by Gasteiger charge is -2.19. The quantitative estimate of drug-likeness (QED) is 0.582. The predicted molar refractivity (Wildman–Crippen MR) is 106 cm³/mol. The zero-order valence-electron chi connectivity index (χ0n) is 15.7. The molecule has 0 fully saturated rings. The van der Waals surface area contributed by atoms with E-state index in [1.54, 1.807) is 25.3 Å². The Bertz CT molecular complexity index is 884. The summed E-state index contributed by atoms with van der Waals surface area (Å²) < 4.78 is 0. The number of nitrogens with one attached hydrogen (secondary N) is 2. The molecule has 8 heteroatoms. The second-order valence-electron chi connectivity index (χ2n) is 6.87. The molecular formula is C20H23N5O3. The fourth-order valence-electron chi connectivity index (χ4n) is 3.15. The van der Waals surface area contributed by atoms with E-state index in [0.29, 0.717) is 37.2 Å². The van der Waals surface area contributed by atoms with Crippen LogP contribution >= 0.6 is 0 Å². The Labute approximate surface area is 163 Å². The van der Waals surface area contributed by atoms with E-state index in [2.05, 4.69) is 20.6 Å². The molecule has 0 saturated heterocycles. The fourth-order valence-corrected chi connectivity index (χ4v) is 3.15. The first-order valence-electron chi connectivity index (χ1n) is 9.22. The van der Waals surface area contributed by atoms with Crippen molar-refractivity contribution in [2.24, 2.45) is 21.6 Å². The molecule has 2 amide bonds. The molecule has 0 bridgehead atoms. The van der Waals surface area contributed by atoms with E-state index >= 15 is 0 Å². The first-order chi connectivity index (χ1) is 13.4. The Balaban J connectivity index is 1.49. The van der Waals surface area contributed by atoms with Gasteiger partial charge in [0.25, 0.3) is 5.91 Å². The van der Waals surface area contributed by atoms with Crippen molar-refractivity contribution in [3.8, 4) is 0 Å². The number of nitrogens with two attached hydrogens (primary N) is 1. The number of Topliss-reactive ketones (excluding diaryl/α,β-unsaturated/α-hetero) is 1. The number of benzene rings is 1. The van der Waals surface area contributed by atoms with Crippen LogP contribution in [0.5, 0.6) is 0 Å². The number of aryl methyl sites for hydroxylation is 1. The van der Waals surface area contributed by atoms with E-state index in [9.17, 15) is 14.4 Å². The molecule has 0 aromatic heterocycles. The van der Waals surface area contributed by atoms with Crippen molar-refractivity contribution >= 4 is 29.4 Å². The number of amidine groups is 1. The van der Waals surface area contributed by atoms with Gasteiger partial charge in [-0.1, -0.05) is 12.1 Å². The van der Waals surface area contributed by atoms with Gasteiger partial charge in [0.05, 0.1) is 0 Å². The van der Waals surface area contributed by atoms with Crippen molar-refractivity contribution in [2.75, 3.05) is 6.54 Å². The molecule has 2 heterocycles. The van der Waals surface area contributed by atoms with Crippen LogP contribution in [-0.4, -0.2) is 35.9 Å². The highest BCUT2D eigenvalue weighted by molar-refractivity contribution is 6.19. The van der Waals surface area contributed by atoms with Crippen molar-refractivity contribution in [2.45, 2.75) is 32.6 Å². The molecule has 0 spiro atoms. The standard InChI is InChI=1S/C20H23N5O3/c1-12(26)3-2-10-22-18(27)14-7-4-13(5-8-14)6-9-15-11-23-17-16(15)19(28)25-20(21)24-17/h4-5,7-8,11,16H,2-3,6,9-10H2,1H3,(H,22,27)(H3,21,23,24,25,28). The van der Waals surface area contributed by atoms with Crippen molar-refractivity contribution in [1.82, 2.24) is 10.6 Å². The van der Waals surface area contributed by atoms with Crippen LogP contribution in [0.3, 0.4) is 0 Å². The lowest BCUT2D eigenvalue weighted by Crippen LogP contribution is -2.47. The monoisotopic (exact) mass is 381 g/mol. The SMILES string of the molecule is CC(=O)CCCNC(=O)c1ccc(CCC2=CN=C3N=C(N)NC(=O)C23)cc1. The Morgan fingerprint density at radius 3 is 2.68 bits per heavy atom. The summed E-state index contributed by atoms with van der Waals surface area (Å²) in [5, 5.41) is 5.34. The number of hydrogen-bond donors (Lipinski definition) is 3. The Kier molecular flexibility index (Phi) is 5.98. The zero-order valence-corrected chi connectivity index (χ0v) is 15.7. The Morgan fingerprint density at radius 2 is 1.96 bits per heavy atom. The minimum atomic E-state index is -0.465. The Hall–Kier alpha value is -3.29. The largest absolute Gasteiger partial charge is 0.369 e. The molecule has 1 aromatic carbocycles. The van der Waals surface area contributed by atoms with Gasteiger partial charge in [-0.2, -0.15) is 4.99 Å². The van der Waals surface area contributed by atoms with Crippen LogP contribution in [0.2, 0.25) is 0 Å². The van der Waals surface area contributed by atoms with Crippen LogP contribution in [0.1, 0.15) is 42.1 Å². The molecule has 2 aliphatic rings. The highest BCUT2D eigenvalue weighted by atomic mass is 16.2. The molecule has 0 aliphatic carbocycles. The minimum absolute atomic E-state index is 0.0739. The van der Waals surface area contributed by atoms with Gasteiger partial charge in [0.2, 0.25) is 11.9 Å².